The number of carbonyl (C=O) groups excluding carboxylic acids is 1. The van der Waals surface area contributed by atoms with Crippen molar-refractivity contribution in [3.8, 4) is 0 Å². The fourth-order valence-electron chi connectivity index (χ4n) is 4.63. The second-order valence-corrected chi connectivity index (χ2v) is 11.1. The smallest absolute Gasteiger partial charge is 0.253 e. The second kappa shape index (κ2) is 9.48. The van der Waals surface area contributed by atoms with Crippen molar-refractivity contribution in [3.63, 3.8) is 0 Å². The highest BCUT2D eigenvalue weighted by atomic mass is 32.2. The molecule has 0 spiro atoms. The lowest BCUT2D eigenvalue weighted by Gasteiger charge is -2.33. The molecule has 3 heterocycles. The Bertz CT molecular complexity index is 1270. The lowest BCUT2D eigenvalue weighted by molar-refractivity contribution is 0.0724. The van der Waals surface area contributed by atoms with Crippen molar-refractivity contribution >= 4 is 27.0 Å². The van der Waals surface area contributed by atoms with Crippen LogP contribution in [-0.2, 0) is 16.6 Å². The molecule has 8 nitrogen and oxygen atoms in total. The van der Waals surface area contributed by atoms with Gasteiger partial charge in [0.05, 0.1) is 11.4 Å². The van der Waals surface area contributed by atoms with Crippen molar-refractivity contribution in [2.75, 3.05) is 39.3 Å². The number of likely N-dealkylation sites (tertiary alicyclic amines) is 1. The van der Waals surface area contributed by atoms with Gasteiger partial charge in [-0.15, -0.1) is 0 Å². The van der Waals surface area contributed by atoms with Gasteiger partial charge in [0.15, 0.2) is 5.58 Å². The topological polar surface area (TPSA) is 87.0 Å². The van der Waals surface area contributed by atoms with Gasteiger partial charge in [0.2, 0.25) is 15.9 Å². The Hall–Kier alpha value is -2.75. The maximum Gasteiger partial charge on any atom is 0.253 e. The largest absolute Gasteiger partial charge is 0.439 e. The van der Waals surface area contributed by atoms with Crippen LogP contribution in [0.5, 0.6) is 0 Å². The molecule has 0 bridgehead atoms. The second-order valence-electron chi connectivity index (χ2n) is 9.14. The number of aryl methyl sites for hydroxylation is 1. The highest BCUT2D eigenvalue weighted by molar-refractivity contribution is 7.89. The maximum absolute atomic E-state index is 12.9. The van der Waals surface area contributed by atoms with Crippen molar-refractivity contribution in [2.45, 2.75) is 37.6 Å². The number of hydrogen-bond donors (Lipinski definition) is 0. The van der Waals surface area contributed by atoms with Gasteiger partial charge < -0.3 is 9.32 Å². The number of piperazine rings is 1. The van der Waals surface area contributed by atoms with E-state index in [1.807, 2.05) is 42.2 Å². The van der Waals surface area contributed by atoms with E-state index in [9.17, 15) is 13.2 Å². The van der Waals surface area contributed by atoms with Crippen LogP contribution < -0.4 is 0 Å². The van der Waals surface area contributed by atoms with Crippen LogP contribution in [0.3, 0.4) is 0 Å². The quantitative estimate of drug-likeness (QED) is 0.555. The van der Waals surface area contributed by atoms with E-state index in [0.717, 1.165) is 31.5 Å². The van der Waals surface area contributed by atoms with Crippen molar-refractivity contribution < 1.29 is 17.6 Å². The predicted molar refractivity (Wildman–Crippen MR) is 129 cm³/mol. The summed E-state index contributed by atoms with van der Waals surface area (Å²) in [4.78, 5) is 21.8. The molecule has 0 unspecified atom stereocenters. The number of sulfonamides is 1. The third-order valence-corrected chi connectivity index (χ3v) is 8.58. The van der Waals surface area contributed by atoms with E-state index in [1.165, 1.54) is 6.42 Å². The molecule has 2 saturated heterocycles. The van der Waals surface area contributed by atoms with Gasteiger partial charge in [-0.3, -0.25) is 9.69 Å². The van der Waals surface area contributed by atoms with Crippen LogP contribution in [0.25, 0.3) is 11.1 Å². The van der Waals surface area contributed by atoms with E-state index in [-0.39, 0.29) is 5.91 Å². The molecule has 0 saturated carbocycles. The van der Waals surface area contributed by atoms with E-state index in [0.29, 0.717) is 60.2 Å². The third kappa shape index (κ3) is 4.73. The number of aromatic nitrogens is 1. The van der Waals surface area contributed by atoms with E-state index in [2.05, 4.69) is 9.88 Å². The highest BCUT2D eigenvalue weighted by Crippen LogP contribution is 2.22. The number of amides is 1. The van der Waals surface area contributed by atoms with Gasteiger partial charge in [0.1, 0.15) is 5.52 Å². The maximum atomic E-state index is 12.9. The third-order valence-electron chi connectivity index (χ3n) is 6.67. The van der Waals surface area contributed by atoms with Gasteiger partial charge in [0.25, 0.3) is 5.91 Å². The molecule has 0 N–H and O–H groups in total. The average Bonchev–Trinajstić information content (AvgIpc) is 3.26. The molecule has 0 aliphatic carbocycles. The SMILES string of the molecule is Cc1ccc(S(=O)(=O)N2CCN(Cc3nc4cc(C(=O)N5CCCCC5)ccc4o3)CC2)cc1. The first-order valence-corrected chi connectivity index (χ1v) is 13.3. The van der Waals surface area contributed by atoms with Gasteiger partial charge in [0, 0.05) is 44.8 Å². The Morgan fingerprint density at radius 3 is 2.35 bits per heavy atom. The van der Waals surface area contributed by atoms with Crippen molar-refractivity contribution in [1.29, 1.82) is 0 Å². The number of rotatable bonds is 5. The van der Waals surface area contributed by atoms with Crippen molar-refractivity contribution in [3.05, 3.63) is 59.5 Å². The minimum atomic E-state index is -3.49. The fourth-order valence-corrected chi connectivity index (χ4v) is 6.06. The molecule has 3 aromatic rings. The van der Waals surface area contributed by atoms with E-state index in [1.54, 1.807) is 16.4 Å². The van der Waals surface area contributed by atoms with Crippen LogP contribution in [-0.4, -0.2) is 72.7 Å². The summed E-state index contributed by atoms with van der Waals surface area (Å²) in [6.45, 7) is 6.11. The zero-order valence-corrected chi connectivity index (χ0v) is 20.3. The van der Waals surface area contributed by atoms with Crippen molar-refractivity contribution in [2.24, 2.45) is 0 Å². The minimum Gasteiger partial charge on any atom is -0.439 e. The van der Waals surface area contributed by atoms with Crippen LogP contribution in [0.4, 0.5) is 0 Å². The van der Waals surface area contributed by atoms with Crippen LogP contribution in [0.2, 0.25) is 0 Å². The molecule has 9 heteroatoms. The number of fused-ring (bicyclic) bond motifs is 1. The molecule has 0 atom stereocenters. The first-order chi connectivity index (χ1) is 16.4. The molecule has 0 radical (unpaired) electrons. The number of nitrogens with zero attached hydrogens (tertiary/aromatic N) is 4. The lowest BCUT2D eigenvalue weighted by atomic mass is 10.1. The zero-order chi connectivity index (χ0) is 23.7. The zero-order valence-electron chi connectivity index (χ0n) is 19.4. The lowest BCUT2D eigenvalue weighted by Crippen LogP contribution is -2.48. The normalized spacial score (nSPS) is 18.4. The molecule has 1 amide bonds. The van der Waals surface area contributed by atoms with Gasteiger partial charge in [-0.2, -0.15) is 4.31 Å². The Morgan fingerprint density at radius 2 is 1.65 bits per heavy atom. The summed E-state index contributed by atoms with van der Waals surface area (Å²) in [7, 11) is -3.49. The molecule has 2 aliphatic heterocycles. The summed E-state index contributed by atoms with van der Waals surface area (Å²) in [5, 5.41) is 0. The Balaban J connectivity index is 1.22. The van der Waals surface area contributed by atoms with Crippen LogP contribution in [0.1, 0.15) is 41.1 Å². The Kier molecular flexibility index (Phi) is 6.42. The van der Waals surface area contributed by atoms with Crippen LogP contribution in [0, 0.1) is 6.92 Å². The predicted octanol–water partition coefficient (Wildman–Crippen LogP) is 3.27. The van der Waals surface area contributed by atoms with Crippen molar-refractivity contribution in [1.82, 2.24) is 19.1 Å². The Morgan fingerprint density at radius 1 is 0.941 bits per heavy atom. The summed E-state index contributed by atoms with van der Waals surface area (Å²) >= 11 is 0. The number of oxazole rings is 1. The molecule has 1 aromatic heterocycles. The molecular formula is C25H30N4O4S. The molecular weight excluding hydrogens is 452 g/mol. The Labute approximate surface area is 200 Å². The van der Waals surface area contributed by atoms with E-state index < -0.39 is 10.0 Å². The number of carbonyl (C=O) groups is 1. The van der Waals surface area contributed by atoms with Crippen LogP contribution in [0.15, 0.2) is 51.8 Å². The van der Waals surface area contributed by atoms with Gasteiger partial charge >= 0.3 is 0 Å². The first kappa shape index (κ1) is 23.0. The molecule has 5 rings (SSSR count). The summed E-state index contributed by atoms with van der Waals surface area (Å²) in [6, 6.07) is 12.4. The number of piperidine rings is 1. The minimum absolute atomic E-state index is 0.0528. The van der Waals surface area contributed by atoms with Crippen LogP contribution >= 0.6 is 0 Å². The fraction of sp³-hybridized carbons (Fsp3) is 0.440. The standard InChI is InChI=1S/C25H30N4O4S/c1-19-5-8-21(9-6-19)34(31,32)29-15-13-27(14-16-29)18-24-26-22-17-20(7-10-23(22)33-24)25(30)28-11-3-2-4-12-28/h5-10,17H,2-4,11-16,18H2,1H3. The van der Waals surface area contributed by atoms with E-state index in [4.69, 9.17) is 4.42 Å². The average molecular weight is 483 g/mol. The molecule has 2 fully saturated rings. The molecule has 2 aromatic carbocycles. The highest BCUT2D eigenvalue weighted by Gasteiger charge is 2.29. The summed E-state index contributed by atoms with van der Waals surface area (Å²) in [6.07, 6.45) is 3.30. The first-order valence-electron chi connectivity index (χ1n) is 11.9. The molecule has 34 heavy (non-hydrogen) atoms. The number of benzene rings is 2. The van der Waals surface area contributed by atoms with E-state index >= 15 is 0 Å². The monoisotopic (exact) mass is 482 g/mol. The summed E-state index contributed by atoms with van der Waals surface area (Å²) in [5.41, 5.74) is 3.01. The van der Waals surface area contributed by atoms with Gasteiger partial charge in [-0.1, -0.05) is 17.7 Å². The van der Waals surface area contributed by atoms with Gasteiger partial charge in [-0.05, 0) is 56.5 Å². The molecule has 180 valence electrons. The van der Waals surface area contributed by atoms with Gasteiger partial charge in [-0.25, -0.2) is 13.4 Å². The number of hydrogen-bond acceptors (Lipinski definition) is 6. The summed E-state index contributed by atoms with van der Waals surface area (Å²) < 4.78 is 33.3. The summed E-state index contributed by atoms with van der Waals surface area (Å²) in [5.74, 6) is 0.629. The molecule has 2 aliphatic rings.